The maximum atomic E-state index is 13.0. The van der Waals surface area contributed by atoms with E-state index in [1.54, 1.807) is 14.2 Å². The van der Waals surface area contributed by atoms with E-state index in [1.165, 1.54) is 11.1 Å². The van der Waals surface area contributed by atoms with Crippen LogP contribution < -0.4 is 14.8 Å². The molecule has 2 saturated heterocycles. The van der Waals surface area contributed by atoms with E-state index < -0.39 is 0 Å². The van der Waals surface area contributed by atoms with E-state index in [0.29, 0.717) is 43.0 Å². The normalized spacial score (nSPS) is 29.4. The minimum absolute atomic E-state index is 0.157. The van der Waals surface area contributed by atoms with Crippen molar-refractivity contribution in [3.05, 3.63) is 23.3 Å². The van der Waals surface area contributed by atoms with E-state index in [4.69, 9.17) is 14.2 Å². The molecule has 3 heterocycles. The molecule has 2 fully saturated rings. The number of fused-ring (bicyclic) bond motifs is 3. The van der Waals surface area contributed by atoms with Crippen molar-refractivity contribution >= 4 is 6.09 Å². The summed E-state index contributed by atoms with van der Waals surface area (Å²) in [6.07, 6.45) is 3.02. The third-order valence-corrected chi connectivity index (χ3v) is 7.97. The third kappa shape index (κ3) is 5.30. The maximum absolute atomic E-state index is 13.0. The second-order valence-electron chi connectivity index (χ2n) is 10.9. The molecule has 1 N–H and O–H groups in total. The van der Waals surface area contributed by atoms with Gasteiger partial charge in [-0.15, -0.1) is 0 Å². The van der Waals surface area contributed by atoms with Gasteiger partial charge in [-0.05, 0) is 74.1 Å². The summed E-state index contributed by atoms with van der Waals surface area (Å²) in [5.41, 5.74) is 2.69. The molecule has 3 aliphatic heterocycles. The number of ether oxygens (including phenoxy) is 3. The molecule has 0 aromatic heterocycles. The van der Waals surface area contributed by atoms with Gasteiger partial charge in [0.05, 0.1) is 20.8 Å². The van der Waals surface area contributed by atoms with Crippen LogP contribution in [0.1, 0.15) is 57.7 Å². The fraction of sp³-hybridized carbons (Fsp3) is 0.741. The van der Waals surface area contributed by atoms with Gasteiger partial charge >= 0.3 is 6.09 Å². The van der Waals surface area contributed by atoms with Gasteiger partial charge in [-0.1, -0.05) is 13.8 Å². The van der Waals surface area contributed by atoms with Gasteiger partial charge in [-0.3, -0.25) is 4.90 Å². The van der Waals surface area contributed by atoms with Crippen molar-refractivity contribution in [3.8, 4) is 11.5 Å². The van der Waals surface area contributed by atoms with Crippen molar-refractivity contribution in [1.82, 2.24) is 15.1 Å². The molecule has 1 aromatic rings. The number of piperidine rings is 1. The molecule has 1 aromatic carbocycles. The van der Waals surface area contributed by atoms with Gasteiger partial charge in [0.1, 0.15) is 0 Å². The molecule has 7 nitrogen and oxygen atoms in total. The number of benzene rings is 1. The Morgan fingerprint density at radius 2 is 1.85 bits per heavy atom. The van der Waals surface area contributed by atoms with Crippen molar-refractivity contribution in [3.63, 3.8) is 0 Å². The van der Waals surface area contributed by atoms with E-state index in [1.807, 2.05) is 4.90 Å². The monoisotopic (exact) mass is 473 g/mol. The molecule has 0 bridgehead atoms. The number of piperazine rings is 1. The Hall–Kier alpha value is -1.99. The van der Waals surface area contributed by atoms with Crippen molar-refractivity contribution in [2.45, 2.75) is 65.1 Å². The molecule has 190 valence electrons. The Kier molecular flexibility index (Phi) is 7.93. The van der Waals surface area contributed by atoms with Gasteiger partial charge in [-0.25, -0.2) is 4.79 Å². The number of amides is 1. The van der Waals surface area contributed by atoms with Gasteiger partial charge in [0, 0.05) is 44.3 Å². The van der Waals surface area contributed by atoms with Crippen LogP contribution in [0, 0.1) is 17.8 Å². The number of rotatable bonds is 6. The molecule has 5 atom stereocenters. The summed E-state index contributed by atoms with van der Waals surface area (Å²) < 4.78 is 17.2. The van der Waals surface area contributed by atoms with E-state index in [0.717, 1.165) is 50.4 Å². The summed E-state index contributed by atoms with van der Waals surface area (Å²) in [6.45, 7) is 12.9. The fourth-order valence-corrected chi connectivity index (χ4v) is 6.12. The number of hydrogen-bond donors (Lipinski definition) is 1. The van der Waals surface area contributed by atoms with Crippen LogP contribution in [0.25, 0.3) is 0 Å². The minimum Gasteiger partial charge on any atom is -0.493 e. The smallest absolute Gasteiger partial charge is 0.410 e. The van der Waals surface area contributed by atoms with Crippen LogP contribution >= 0.6 is 0 Å². The highest BCUT2D eigenvalue weighted by molar-refractivity contribution is 5.68. The number of carbonyl (C=O) groups is 1. The molecular formula is C27H43N3O4. The first kappa shape index (κ1) is 25.1. The second-order valence-corrected chi connectivity index (χ2v) is 10.9. The molecule has 7 heteroatoms. The van der Waals surface area contributed by atoms with Crippen molar-refractivity contribution in [2.24, 2.45) is 17.8 Å². The minimum atomic E-state index is -0.165. The summed E-state index contributed by atoms with van der Waals surface area (Å²) in [4.78, 5) is 17.5. The van der Waals surface area contributed by atoms with Gasteiger partial charge in [0.2, 0.25) is 0 Å². The quantitative estimate of drug-likeness (QED) is 0.671. The predicted molar refractivity (Wildman–Crippen MR) is 134 cm³/mol. The molecule has 0 aliphatic carbocycles. The molecule has 3 aliphatic rings. The lowest BCUT2D eigenvalue weighted by molar-refractivity contribution is 0.000797. The van der Waals surface area contributed by atoms with E-state index in [2.05, 4.69) is 50.0 Å². The maximum Gasteiger partial charge on any atom is 0.410 e. The summed E-state index contributed by atoms with van der Waals surface area (Å²) in [5, 5.41) is 3.43. The molecule has 1 amide bonds. The Balaban J connectivity index is 1.51. The molecule has 2 unspecified atom stereocenters. The van der Waals surface area contributed by atoms with Gasteiger partial charge in [0.15, 0.2) is 11.5 Å². The molecule has 4 rings (SSSR count). The Bertz CT molecular complexity index is 861. The summed E-state index contributed by atoms with van der Waals surface area (Å²) in [5.74, 6) is 3.09. The lowest BCUT2D eigenvalue weighted by Gasteiger charge is -2.47. The van der Waals surface area contributed by atoms with Gasteiger partial charge in [0.25, 0.3) is 0 Å². The second kappa shape index (κ2) is 10.7. The summed E-state index contributed by atoms with van der Waals surface area (Å²) in [7, 11) is 3.39. The van der Waals surface area contributed by atoms with Crippen LogP contribution in [0.2, 0.25) is 0 Å². The predicted octanol–water partition coefficient (Wildman–Crippen LogP) is 4.10. The van der Waals surface area contributed by atoms with E-state index >= 15 is 0 Å². The number of methoxy groups -OCH3 is 2. The first-order chi connectivity index (χ1) is 16.3. The summed E-state index contributed by atoms with van der Waals surface area (Å²) >= 11 is 0. The molecule has 0 saturated carbocycles. The van der Waals surface area contributed by atoms with Crippen LogP contribution in [-0.2, 0) is 11.2 Å². The average Bonchev–Trinajstić information content (AvgIpc) is 2.82. The first-order valence-corrected chi connectivity index (χ1v) is 13.0. The standard InChI is InChI=1S/C27H43N3O4/c1-17(2)9-21-15-29-8-7-20-11-25(32-5)26(33-6)12-23(20)24(29)10-22(21)16-34-27(31)30-14-18(3)28-13-19(30)4/h11-12,17-19,21-22,24,28H,7-10,13-16H2,1-6H3/t18?,19?,21-,22+,24-/m1/s1. The average molecular weight is 474 g/mol. The van der Waals surface area contributed by atoms with Crippen LogP contribution in [0.15, 0.2) is 12.1 Å². The molecule has 0 radical (unpaired) electrons. The van der Waals surface area contributed by atoms with Crippen LogP contribution in [0.5, 0.6) is 11.5 Å². The lowest BCUT2D eigenvalue weighted by Crippen LogP contribution is -2.56. The molecular weight excluding hydrogens is 430 g/mol. The van der Waals surface area contributed by atoms with Crippen LogP contribution in [-0.4, -0.2) is 75.0 Å². The highest BCUT2D eigenvalue weighted by Gasteiger charge is 2.40. The molecule has 0 spiro atoms. The largest absolute Gasteiger partial charge is 0.493 e. The highest BCUT2D eigenvalue weighted by atomic mass is 16.6. The summed E-state index contributed by atoms with van der Waals surface area (Å²) in [6, 6.07) is 5.10. The SMILES string of the molecule is COc1cc2c(cc1OC)[C@H]1C[C@@H](COC(=O)N3CC(C)NCC3C)[C@H](CC(C)C)CN1CC2. The third-order valence-electron chi connectivity index (χ3n) is 7.97. The topological polar surface area (TPSA) is 63.3 Å². The zero-order chi connectivity index (χ0) is 24.4. The Labute approximate surface area is 205 Å². The zero-order valence-electron chi connectivity index (χ0n) is 21.8. The van der Waals surface area contributed by atoms with Crippen molar-refractivity contribution in [1.29, 1.82) is 0 Å². The fourth-order valence-electron chi connectivity index (χ4n) is 6.12. The van der Waals surface area contributed by atoms with E-state index in [-0.39, 0.29) is 12.1 Å². The Morgan fingerprint density at radius 3 is 2.56 bits per heavy atom. The molecule has 34 heavy (non-hydrogen) atoms. The van der Waals surface area contributed by atoms with Crippen LogP contribution in [0.3, 0.4) is 0 Å². The number of hydrogen-bond acceptors (Lipinski definition) is 6. The number of nitrogens with zero attached hydrogens (tertiary/aromatic N) is 2. The zero-order valence-corrected chi connectivity index (χ0v) is 21.8. The highest BCUT2D eigenvalue weighted by Crippen LogP contribution is 2.45. The van der Waals surface area contributed by atoms with Gasteiger partial charge in [-0.2, -0.15) is 0 Å². The van der Waals surface area contributed by atoms with Gasteiger partial charge < -0.3 is 24.4 Å². The van der Waals surface area contributed by atoms with Crippen molar-refractivity contribution < 1.29 is 19.0 Å². The van der Waals surface area contributed by atoms with Crippen LogP contribution in [0.4, 0.5) is 4.79 Å². The Morgan fingerprint density at radius 1 is 1.12 bits per heavy atom. The van der Waals surface area contributed by atoms with Crippen molar-refractivity contribution in [2.75, 3.05) is 47.0 Å². The number of carbonyl (C=O) groups excluding carboxylic acids is 1. The lowest BCUT2D eigenvalue weighted by atomic mass is 9.74. The van der Waals surface area contributed by atoms with E-state index in [9.17, 15) is 4.79 Å². The number of nitrogens with one attached hydrogen (secondary N) is 1. The first-order valence-electron chi connectivity index (χ1n) is 13.0.